The lowest BCUT2D eigenvalue weighted by atomic mass is 9.95. The molecule has 0 bridgehead atoms. The van der Waals surface area contributed by atoms with Crippen LogP contribution in [0.2, 0.25) is 0 Å². The minimum absolute atomic E-state index is 0.257. The monoisotopic (exact) mass is 264 g/mol. The molecule has 0 aliphatic heterocycles. The number of carbonyl (C=O) groups is 1. The number of hydrogen-bond acceptors (Lipinski definition) is 1. The predicted octanol–water partition coefficient (Wildman–Crippen LogP) is 4.58. The van der Waals surface area contributed by atoms with E-state index in [1.807, 2.05) is 0 Å². The highest BCUT2D eigenvalue weighted by atomic mass is 19.4. The minimum Gasteiger partial charge on any atom is -0.294 e. The summed E-state index contributed by atoms with van der Waals surface area (Å²) in [7, 11) is 0. The molecule has 0 amide bonds. The van der Waals surface area contributed by atoms with Gasteiger partial charge in [0.05, 0.1) is 5.56 Å². The van der Waals surface area contributed by atoms with E-state index in [0.29, 0.717) is 16.7 Å². The molecule has 0 unspecified atom stereocenters. The van der Waals surface area contributed by atoms with Crippen LogP contribution in [0.5, 0.6) is 0 Å². The van der Waals surface area contributed by atoms with Crippen LogP contribution in [-0.2, 0) is 6.18 Å². The molecule has 0 aliphatic rings. The van der Waals surface area contributed by atoms with Gasteiger partial charge in [-0.1, -0.05) is 36.4 Å². The molecule has 2 aromatic carbocycles. The van der Waals surface area contributed by atoms with Crippen molar-refractivity contribution >= 4 is 5.78 Å². The Hall–Kier alpha value is -2.10. The van der Waals surface area contributed by atoms with E-state index in [4.69, 9.17) is 0 Å². The second-order valence-electron chi connectivity index (χ2n) is 4.18. The first-order valence-electron chi connectivity index (χ1n) is 5.67. The van der Waals surface area contributed by atoms with Crippen LogP contribution >= 0.6 is 0 Å². The molecule has 0 aromatic heterocycles. The van der Waals surface area contributed by atoms with E-state index in [9.17, 15) is 18.0 Å². The fourth-order valence-electron chi connectivity index (χ4n) is 1.88. The molecule has 4 heteroatoms. The molecule has 2 aromatic rings. The molecule has 0 atom stereocenters. The number of carbonyl (C=O) groups excluding carboxylic acids is 1. The first-order valence-corrected chi connectivity index (χ1v) is 5.67. The van der Waals surface area contributed by atoms with Crippen LogP contribution in [0.1, 0.15) is 22.8 Å². The molecule has 1 nitrogen and oxygen atoms in total. The largest absolute Gasteiger partial charge is 0.416 e. The molecular formula is C15H11F3O. The van der Waals surface area contributed by atoms with Gasteiger partial charge in [-0.15, -0.1) is 0 Å². The van der Waals surface area contributed by atoms with Crippen molar-refractivity contribution in [2.24, 2.45) is 0 Å². The molecule has 0 N–H and O–H groups in total. The SMILES string of the molecule is CC(=O)c1ccc(C(F)(F)F)cc1-c1ccccc1. The second-order valence-corrected chi connectivity index (χ2v) is 4.18. The second kappa shape index (κ2) is 4.88. The zero-order valence-corrected chi connectivity index (χ0v) is 10.2. The Morgan fingerprint density at radius 2 is 1.63 bits per heavy atom. The van der Waals surface area contributed by atoms with E-state index in [0.717, 1.165) is 12.1 Å². The van der Waals surface area contributed by atoms with Crippen molar-refractivity contribution in [2.45, 2.75) is 13.1 Å². The Labute approximate surface area is 108 Å². The number of Topliss-reactive ketones (excluding diaryl/α,β-unsaturated/α-hetero) is 1. The van der Waals surface area contributed by atoms with Gasteiger partial charge < -0.3 is 0 Å². The first kappa shape index (κ1) is 13.3. The van der Waals surface area contributed by atoms with Gasteiger partial charge in [0, 0.05) is 5.56 Å². The van der Waals surface area contributed by atoms with Crippen LogP contribution in [0.3, 0.4) is 0 Å². The minimum atomic E-state index is -4.42. The topological polar surface area (TPSA) is 17.1 Å². The van der Waals surface area contributed by atoms with E-state index >= 15 is 0 Å². The zero-order chi connectivity index (χ0) is 14.0. The molecule has 98 valence electrons. The quantitative estimate of drug-likeness (QED) is 0.726. The maximum atomic E-state index is 12.7. The zero-order valence-electron chi connectivity index (χ0n) is 10.2. The summed E-state index contributed by atoms with van der Waals surface area (Å²) >= 11 is 0. The number of halogens is 3. The molecule has 19 heavy (non-hydrogen) atoms. The summed E-state index contributed by atoms with van der Waals surface area (Å²) in [6.07, 6.45) is -4.42. The fourth-order valence-corrected chi connectivity index (χ4v) is 1.88. The summed E-state index contributed by atoms with van der Waals surface area (Å²) in [5.41, 5.74) is 0.442. The van der Waals surface area contributed by atoms with E-state index in [1.54, 1.807) is 30.3 Å². The smallest absolute Gasteiger partial charge is 0.294 e. The summed E-state index contributed by atoms with van der Waals surface area (Å²) in [5.74, 6) is -0.257. The van der Waals surface area contributed by atoms with Crippen LogP contribution in [0.15, 0.2) is 48.5 Å². The fraction of sp³-hybridized carbons (Fsp3) is 0.133. The predicted molar refractivity (Wildman–Crippen MR) is 66.9 cm³/mol. The van der Waals surface area contributed by atoms with E-state index in [1.165, 1.54) is 13.0 Å². The number of benzene rings is 2. The lowest BCUT2D eigenvalue weighted by molar-refractivity contribution is -0.137. The van der Waals surface area contributed by atoms with Gasteiger partial charge >= 0.3 is 6.18 Å². The number of alkyl halides is 3. The van der Waals surface area contributed by atoms with Crippen molar-refractivity contribution in [2.75, 3.05) is 0 Å². The molecule has 0 saturated heterocycles. The molecule has 0 radical (unpaired) electrons. The van der Waals surface area contributed by atoms with Crippen LogP contribution in [0.25, 0.3) is 11.1 Å². The van der Waals surface area contributed by atoms with Gasteiger partial charge in [-0.3, -0.25) is 4.79 Å². The van der Waals surface area contributed by atoms with Crippen molar-refractivity contribution < 1.29 is 18.0 Å². The average Bonchev–Trinajstić information content (AvgIpc) is 2.38. The van der Waals surface area contributed by atoms with E-state index < -0.39 is 11.7 Å². The van der Waals surface area contributed by atoms with E-state index in [2.05, 4.69) is 0 Å². The Balaban J connectivity index is 2.65. The van der Waals surface area contributed by atoms with Crippen molar-refractivity contribution in [1.82, 2.24) is 0 Å². The van der Waals surface area contributed by atoms with Gasteiger partial charge in [0.25, 0.3) is 0 Å². The lowest BCUT2D eigenvalue weighted by Gasteiger charge is -2.12. The number of ketones is 1. The molecule has 0 fully saturated rings. The number of rotatable bonds is 2. The van der Waals surface area contributed by atoms with Crippen LogP contribution < -0.4 is 0 Å². The third kappa shape index (κ3) is 2.84. The first-order chi connectivity index (χ1) is 8.89. The van der Waals surface area contributed by atoms with Gasteiger partial charge in [-0.05, 0) is 30.2 Å². The Morgan fingerprint density at radius 1 is 1.00 bits per heavy atom. The van der Waals surface area contributed by atoms with Gasteiger partial charge in [0.1, 0.15) is 0 Å². The summed E-state index contributed by atoms with van der Waals surface area (Å²) < 4.78 is 38.2. The van der Waals surface area contributed by atoms with Crippen molar-refractivity contribution in [3.8, 4) is 11.1 Å². The summed E-state index contributed by atoms with van der Waals surface area (Å²) in [6.45, 7) is 1.34. The molecular weight excluding hydrogens is 253 g/mol. The maximum Gasteiger partial charge on any atom is 0.416 e. The highest BCUT2D eigenvalue weighted by Gasteiger charge is 2.31. The molecule has 0 heterocycles. The van der Waals surface area contributed by atoms with Crippen molar-refractivity contribution in [1.29, 1.82) is 0 Å². The molecule has 2 rings (SSSR count). The van der Waals surface area contributed by atoms with Crippen molar-refractivity contribution in [3.05, 3.63) is 59.7 Å². The maximum absolute atomic E-state index is 12.7. The van der Waals surface area contributed by atoms with Crippen LogP contribution in [-0.4, -0.2) is 5.78 Å². The Morgan fingerprint density at radius 3 is 2.16 bits per heavy atom. The summed E-state index contributed by atoms with van der Waals surface area (Å²) in [5, 5.41) is 0. The van der Waals surface area contributed by atoms with Crippen LogP contribution in [0, 0.1) is 0 Å². The summed E-state index contributed by atoms with van der Waals surface area (Å²) in [4.78, 5) is 11.5. The van der Waals surface area contributed by atoms with E-state index in [-0.39, 0.29) is 5.78 Å². The third-order valence-corrected chi connectivity index (χ3v) is 2.81. The van der Waals surface area contributed by atoms with Crippen molar-refractivity contribution in [3.63, 3.8) is 0 Å². The number of hydrogen-bond donors (Lipinski definition) is 0. The standard InChI is InChI=1S/C15H11F3O/c1-10(19)13-8-7-12(15(16,17)18)9-14(13)11-5-3-2-4-6-11/h2-9H,1H3. The van der Waals surface area contributed by atoms with Gasteiger partial charge in [-0.25, -0.2) is 0 Å². The van der Waals surface area contributed by atoms with Gasteiger partial charge in [0.2, 0.25) is 0 Å². The van der Waals surface area contributed by atoms with Crippen LogP contribution in [0.4, 0.5) is 13.2 Å². The molecule has 0 saturated carbocycles. The third-order valence-electron chi connectivity index (χ3n) is 2.81. The average molecular weight is 264 g/mol. The summed E-state index contributed by atoms with van der Waals surface area (Å²) in [6, 6.07) is 11.8. The normalized spacial score (nSPS) is 11.4. The Bertz CT molecular complexity index is 601. The highest BCUT2D eigenvalue weighted by Crippen LogP contribution is 2.34. The Kier molecular flexibility index (Phi) is 3.42. The van der Waals surface area contributed by atoms with Gasteiger partial charge in [0.15, 0.2) is 5.78 Å². The molecule has 0 aliphatic carbocycles. The lowest BCUT2D eigenvalue weighted by Crippen LogP contribution is -2.07. The highest BCUT2D eigenvalue weighted by molar-refractivity contribution is 6.00. The molecule has 0 spiro atoms. The van der Waals surface area contributed by atoms with Gasteiger partial charge in [-0.2, -0.15) is 13.2 Å².